The summed E-state index contributed by atoms with van der Waals surface area (Å²) in [4.78, 5) is 16.4. The summed E-state index contributed by atoms with van der Waals surface area (Å²) >= 11 is 0. The number of amides is 1. The third-order valence-electron chi connectivity index (χ3n) is 3.75. The number of aromatic nitrogens is 2. The van der Waals surface area contributed by atoms with Crippen LogP contribution in [0.5, 0.6) is 0 Å². The highest BCUT2D eigenvalue weighted by atomic mass is 19.2. The van der Waals surface area contributed by atoms with Crippen LogP contribution in [-0.4, -0.2) is 15.5 Å². The van der Waals surface area contributed by atoms with Crippen molar-refractivity contribution in [3.05, 3.63) is 59.4 Å². The fourth-order valence-corrected chi connectivity index (χ4v) is 2.37. The van der Waals surface area contributed by atoms with Gasteiger partial charge in [-0.15, -0.1) is 0 Å². The lowest BCUT2D eigenvalue weighted by atomic mass is 10.1. The lowest BCUT2D eigenvalue weighted by Crippen LogP contribution is -2.18. The van der Waals surface area contributed by atoms with E-state index in [-0.39, 0.29) is 18.1 Å². The van der Waals surface area contributed by atoms with Gasteiger partial charge in [0.25, 0.3) is 0 Å². The molecule has 3 aromatic rings. The van der Waals surface area contributed by atoms with Crippen LogP contribution in [0.15, 0.2) is 36.7 Å². The number of aryl methyl sites for hydroxylation is 2. The second-order valence-corrected chi connectivity index (χ2v) is 5.47. The van der Waals surface area contributed by atoms with E-state index in [4.69, 9.17) is 0 Å². The van der Waals surface area contributed by atoms with Crippen molar-refractivity contribution in [3.8, 4) is 0 Å². The minimum absolute atomic E-state index is 0.0397. The van der Waals surface area contributed by atoms with E-state index in [1.165, 1.54) is 6.07 Å². The van der Waals surface area contributed by atoms with E-state index in [1.54, 1.807) is 10.9 Å². The van der Waals surface area contributed by atoms with Crippen LogP contribution in [0, 0.1) is 25.5 Å². The lowest BCUT2D eigenvalue weighted by Gasteiger charge is -2.08. The quantitative estimate of drug-likeness (QED) is 0.803. The molecule has 0 bridgehead atoms. The molecule has 0 radical (unpaired) electrons. The predicted molar refractivity (Wildman–Crippen MR) is 84.2 cm³/mol. The minimum atomic E-state index is -0.998. The Hall–Kier alpha value is -2.76. The third kappa shape index (κ3) is 3.06. The summed E-state index contributed by atoms with van der Waals surface area (Å²) in [6, 6.07) is 7.18. The molecule has 0 saturated carbocycles. The number of anilines is 1. The van der Waals surface area contributed by atoms with Crippen molar-refractivity contribution < 1.29 is 13.6 Å². The van der Waals surface area contributed by atoms with Gasteiger partial charge in [-0.05, 0) is 49.2 Å². The summed E-state index contributed by atoms with van der Waals surface area (Å²) in [6.45, 7) is 4.04. The van der Waals surface area contributed by atoms with E-state index in [1.807, 2.05) is 26.0 Å². The maximum Gasteiger partial charge on any atom is 0.244 e. The first-order valence-corrected chi connectivity index (χ1v) is 7.11. The van der Waals surface area contributed by atoms with E-state index in [0.717, 1.165) is 34.3 Å². The summed E-state index contributed by atoms with van der Waals surface area (Å²) in [6.07, 6.45) is 1.59. The average molecular weight is 315 g/mol. The van der Waals surface area contributed by atoms with Gasteiger partial charge in [0, 0.05) is 11.8 Å². The van der Waals surface area contributed by atoms with Gasteiger partial charge in [-0.1, -0.05) is 0 Å². The largest absolute Gasteiger partial charge is 0.324 e. The zero-order valence-corrected chi connectivity index (χ0v) is 12.7. The van der Waals surface area contributed by atoms with Gasteiger partial charge in [0.05, 0.1) is 17.4 Å². The molecule has 23 heavy (non-hydrogen) atoms. The second-order valence-electron chi connectivity index (χ2n) is 5.47. The van der Waals surface area contributed by atoms with Gasteiger partial charge in [0.15, 0.2) is 11.6 Å². The number of rotatable bonds is 3. The van der Waals surface area contributed by atoms with Gasteiger partial charge < -0.3 is 9.88 Å². The minimum Gasteiger partial charge on any atom is -0.324 e. The maximum absolute atomic E-state index is 13.2. The molecule has 0 aliphatic heterocycles. The molecule has 0 spiro atoms. The van der Waals surface area contributed by atoms with Crippen LogP contribution in [0.1, 0.15) is 11.1 Å². The molecule has 3 rings (SSSR count). The van der Waals surface area contributed by atoms with Gasteiger partial charge in [0.2, 0.25) is 5.91 Å². The molecule has 1 amide bonds. The third-order valence-corrected chi connectivity index (χ3v) is 3.75. The number of benzene rings is 2. The molecule has 0 aliphatic rings. The molecule has 1 N–H and O–H groups in total. The number of imidazole rings is 1. The number of carbonyl (C=O) groups excluding carboxylic acids is 1. The molecule has 0 fully saturated rings. The SMILES string of the molecule is Cc1cc2ncn(CC(=O)Nc3ccc(F)c(F)c3)c2cc1C. The highest BCUT2D eigenvalue weighted by Crippen LogP contribution is 2.19. The van der Waals surface area contributed by atoms with Gasteiger partial charge in [-0.3, -0.25) is 4.79 Å². The van der Waals surface area contributed by atoms with Crippen molar-refractivity contribution in [1.29, 1.82) is 0 Å². The smallest absolute Gasteiger partial charge is 0.244 e. The van der Waals surface area contributed by atoms with Gasteiger partial charge in [-0.25, -0.2) is 13.8 Å². The molecule has 1 aromatic heterocycles. The van der Waals surface area contributed by atoms with Crippen molar-refractivity contribution >= 4 is 22.6 Å². The van der Waals surface area contributed by atoms with Crippen LogP contribution in [-0.2, 0) is 11.3 Å². The Kier molecular flexibility index (Phi) is 3.82. The molecule has 0 aliphatic carbocycles. The first-order chi connectivity index (χ1) is 10.9. The van der Waals surface area contributed by atoms with E-state index in [2.05, 4.69) is 10.3 Å². The number of hydrogen-bond donors (Lipinski definition) is 1. The second kappa shape index (κ2) is 5.79. The molecule has 2 aromatic carbocycles. The van der Waals surface area contributed by atoms with Crippen molar-refractivity contribution in [2.45, 2.75) is 20.4 Å². The summed E-state index contributed by atoms with van der Waals surface area (Å²) < 4.78 is 27.8. The van der Waals surface area contributed by atoms with Crippen LogP contribution < -0.4 is 5.32 Å². The summed E-state index contributed by atoms with van der Waals surface area (Å²) in [5, 5.41) is 2.54. The number of nitrogens with zero attached hydrogens (tertiary/aromatic N) is 2. The van der Waals surface area contributed by atoms with Crippen molar-refractivity contribution in [2.24, 2.45) is 0 Å². The monoisotopic (exact) mass is 315 g/mol. The van der Waals surface area contributed by atoms with E-state index in [0.29, 0.717) is 0 Å². The van der Waals surface area contributed by atoms with Crippen molar-refractivity contribution in [2.75, 3.05) is 5.32 Å². The first kappa shape index (κ1) is 15.1. The zero-order chi connectivity index (χ0) is 16.6. The molecule has 4 nitrogen and oxygen atoms in total. The molecule has 0 saturated heterocycles. The fraction of sp³-hybridized carbons (Fsp3) is 0.176. The van der Waals surface area contributed by atoms with Crippen LogP contribution in [0.3, 0.4) is 0 Å². The van der Waals surface area contributed by atoms with Crippen LogP contribution in [0.4, 0.5) is 14.5 Å². The number of nitrogens with one attached hydrogen (secondary N) is 1. The molecule has 1 heterocycles. The Morgan fingerprint density at radius 1 is 1.13 bits per heavy atom. The number of carbonyl (C=O) groups is 1. The van der Waals surface area contributed by atoms with E-state index in [9.17, 15) is 13.6 Å². The first-order valence-electron chi connectivity index (χ1n) is 7.11. The maximum atomic E-state index is 13.2. The molecule has 118 valence electrons. The standard InChI is InChI=1S/C17H15F2N3O/c1-10-5-15-16(6-11(10)2)22(9-20-15)8-17(23)21-12-3-4-13(18)14(19)7-12/h3-7,9H,8H2,1-2H3,(H,21,23). The molecule has 6 heteroatoms. The lowest BCUT2D eigenvalue weighted by molar-refractivity contribution is -0.116. The molecular weight excluding hydrogens is 300 g/mol. The Balaban J connectivity index is 1.80. The summed E-state index contributed by atoms with van der Waals surface area (Å²) in [7, 11) is 0. The zero-order valence-electron chi connectivity index (χ0n) is 12.7. The normalized spacial score (nSPS) is 11.0. The van der Waals surface area contributed by atoms with E-state index < -0.39 is 11.6 Å². The van der Waals surface area contributed by atoms with Crippen molar-refractivity contribution in [3.63, 3.8) is 0 Å². The summed E-state index contributed by atoms with van der Waals surface area (Å²) in [5.41, 5.74) is 4.13. The summed E-state index contributed by atoms with van der Waals surface area (Å²) in [5.74, 6) is -2.29. The van der Waals surface area contributed by atoms with Gasteiger partial charge >= 0.3 is 0 Å². The average Bonchev–Trinajstić information content (AvgIpc) is 2.86. The predicted octanol–water partition coefficient (Wildman–Crippen LogP) is 3.57. The molecule has 0 atom stereocenters. The molecule has 0 unspecified atom stereocenters. The Labute approximate surface area is 131 Å². The molecular formula is C17H15F2N3O. The van der Waals surface area contributed by atoms with E-state index >= 15 is 0 Å². The number of fused-ring (bicyclic) bond motifs is 1. The Bertz CT molecular complexity index is 902. The topological polar surface area (TPSA) is 46.9 Å². The van der Waals surface area contributed by atoms with Gasteiger partial charge in [-0.2, -0.15) is 0 Å². The van der Waals surface area contributed by atoms with Crippen LogP contribution in [0.2, 0.25) is 0 Å². The Morgan fingerprint density at radius 3 is 2.61 bits per heavy atom. The fourth-order valence-electron chi connectivity index (χ4n) is 2.37. The number of hydrogen-bond acceptors (Lipinski definition) is 2. The van der Waals surface area contributed by atoms with Gasteiger partial charge in [0.1, 0.15) is 6.54 Å². The number of halogens is 2. The Morgan fingerprint density at radius 2 is 1.87 bits per heavy atom. The van der Waals surface area contributed by atoms with Crippen LogP contribution >= 0.6 is 0 Å². The van der Waals surface area contributed by atoms with Crippen molar-refractivity contribution in [1.82, 2.24) is 9.55 Å². The van der Waals surface area contributed by atoms with Crippen LogP contribution in [0.25, 0.3) is 11.0 Å². The highest BCUT2D eigenvalue weighted by Gasteiger charge is 2.10. The highest BCUT2D eigenvalue weighted by molar-refractivity contribution is 5.91.